The van der Waals surface area contributed by atoms with Gasteiger partial charge in [0.1, 0.15) is 5.82 Å². The Hall–Kier alpha value is -2.49. The van der Waals surface area contributed by atoms with Gasteiger partial charge >= 0.3 is 0 Å². The first-order valence-electron chi connectivity index (χ1n) is 6.43. The minimum atomic E-state index is -0.209. The molecule has 0 saturated heterocycles. The highest BCUT2D eigenvalue weighted by atomic mass is 19.1. The molecular weight excluding hydrogens is 253 g/mol. The molecule has 0 aliphatic carbocycles. The van der Waals surface area contributed by atoms with Gasteiger partial charge in [-0.15, -0.1) is 0 Å². The van der Waals surface area contributed by atoms with E-state index in [2.05, 4.69) is 15.3 Å². The average molecular weight is 267 g/mol. The highest BCUT2D eigenvalue weighted by Gasteiger charge is 2.01. The van der Waals surface area contributed by atoms with Gasteiger partial charge in [-0.3, -0.25) is 4.98 Å². The van der Waals surface area contributed by atoms with E-state index < -0.39 is 0 Å². The minimum absolute atomic E-state index is 0.209. The Labute approximate surface area is 116 Å². The molecule has 0 saturated carbocycles. The maximum absolute atomic E-state index is 13.4. The highest BCUT2D eigenvalue weighted by Crippen LogP contribution is 2.15. The smallest absolute Gasteiger partial charge is 0.128 e. The molecule has 3 rings (SSSR count). The average Bonchev–Trinajstić information content (AvgIpc) is 2.48. The van der Waals surface area contributed by atoms with Gasteiger partial charge in [0.25, 0.3) is 0 Å². The van der Waals surface area contributed by atoms with Crippen molar-refractivity contribution in [1.82, 2.24) is 9.97 Å². The Morgan fingerprint density at radius 2 is 1.90 bits per heavy atom. The van der Waals surface area contributed by atoms with Crippen LogP contribution in [0.5, 0.6) is 0 Å². The van der Waals surface area contributed by atoms with Gasteiger partial charge in [-0.05, 0) is 36.8 Å². The van der Waals surface area contributed by atoms with Gasteiger partial charge < -0.3 is 5.32 Å². The molecule has 100 valence electrons. The molecule has 1 aromatic heterocycles. The number of anilines is 1. The molecular formula is C16H14FN3. The third-order valence-corrected chi connectivity index (χ3v) is 3.14. The van der Waals surface area contributed by atoms with Crippen LogP contribution in [0.3, 0.4) is 0 Å². The summed E-state index contributed by atoms with van der Waals surface area (Å²) in [5, 5.41) is 3.15. The largest absolute Gasteiger partial charge is 0.379 e. The molecule has 3 nitrogen and oxygen atoms in total. The molecule has 0 unspecified atom stereocenters. The number of nitrogens with zero attached hydrogens (tertiary/aromatic N) is 2. The molecule has 0 radical (unpaired) electrons. The minimum Gasteiger partial charge on any atom is -0.379 e. The molecule has 0 aliphatic rings. The summed E-state index contributed by atoms with van der Waals surface area (Å²) < 4.78 is 13.4. The number of hydrogen-bond acceptors (Lipinski definition) is 3. The summed E-state index contributed by atoms with van der Waals surface area (Å²) in [7, 11) is 0. The van der Waals surface area contributed by atoms with Gasteiger partial charge in [-0.1, -0.05) is 18.2 Å². The standard InChI is InChI=1S/C16H14FN3/c1-11-6-7-12(8-14(11)17)18-9-13-10-19-15-4-2-3-5-16(15)20-13/h2-8,10,18H,9H2,1H3. The fraction of sp³-hybridized carbons (Fsp3) is 0.125. The van der Waals surface area contributed by atoms with E-state index in [0.717, 1.165) is 22.4 Å². The lowest BCUT2D eigenvalue weighted by atomic mass is 10.2. The molecule has 0 aliphatic heterocycles. The maximum Gasteiger partial charge on any atom is 0.128 e. The molecule has 2 aromatic carbocycles. The monoisotopic (exact) mass is 267 g/mol. The van der Waals surface area contributed by atoms with E-state index in [9.17, 15) is 4.39 Å². The van der Waals surface area contributed by atoms with E-state index in [-0.39, 0.29) is 5.82 Å². The normalized spacial score (nSPS) is 10.7. The molecule has 0 amide bonds. The summed E-state index contributed by atoms with van der Waals surface area (Å²) in [4.78, 5) is 8.86. The Kier molecular flexibility index (Phi) is 3.29. The quantitative estimate of drug-likeness (QED) is 0.786. The fourth-order valence-electron chi connectivity index (χ4n) is 1.98. The van der Waals surface area contributed by atoms with Crippen LogP contribution in [0.2, 0.25) is 0 Å². The van der Waals surface area contributed by atoms with Crippen LogP contribution in [-0.4, -0.2) is 9.97 Å². The van der Waals surface area contributed by atoms with Crippen molar-refractivity contribution in [3.8, 4) is 0 Å². The van der Waals surface area contributed by atoms with E-state index in [1.165, 1.54) is 6.07 Å². The summed E-state index contributed by atoms with van der Waals surface area (Å²) in [5.41, 5.74) is 3.94. The molecule has 20 heavy (non-hydrogen) atoms. The van der Waals surface area contributed by atoms with Crippen LogP contribution in [0.15, 0.2) is 48.7 Å². The summed E-state index contributed by atoms with van der Waals surface area (Å²) in [6.07, 6.45) is 1.74. The van der Waals surface area contributed by atoms with E-state index in [4.69, 9.17) is 0 Å². The predicted octanol–water partition coefficient (Wildman–Crippen LogP) is 3.69. The van der Waals surface area contributed by atoms with Gasteiger partial charge in [0.2, 0.25) is 0 Å². The van der Waals surface area contributed by atoms with E-state index in [1.807, 2.05) is 30.3 Å². The molecule has 1 heterocycles. The van der Waals surface area contributed by atoms with E-state index in [1.54, 1.807) is 19.2 Å². The van der Waals surface area contributed by atoms with Crippen molar-refractivity contribution in [3.63, 3.8) is 0 Å². The van der Waals surface area contributed by atoms with Gasteiger partial charge in [-0.25, -0.2) is 9.37 Å². The lowest BCUT2D eigenvalue weighted by Gasteiger charge is -2.07. The van der Waals surface area contributed by atoms with Crippen molar-refractivity contribution in [2.75, 3.05) is 5.32 Å². The summed E-state index contributed by atoms with van der Waals surface area (Å²) >= 11 is 0. The van der Waals surface area contributed by atoms with Crippen LogP contribution in [0.1, 0.15) is 11.3 Å². The van der Waals surface area contributed by atoms with Crippen molar-refractivity contribution >= 4 is 16.7 Å². The zero-order valence-corrected chi connectivity index (χ0v) is 11.1. The number of aryl methyl sites for hydroxylation is 1. The molecule has 0 bridgehead atoms. The molecule has 4 heteroatoms. The van der Waals surface area contributed by atoms with Crippen molar-refractivity contribution in [2.45, 2.75) is 13.5 Å². The number of benzene rings is 2. The third kappa shape index (κ3) is 2.59. The molecule has 0 atom stereocenters. The Morgan fingerprint density at radius 3 is 2.70 bits per heavy atom. The van der Waals surface area contributed by atoms with Crippen molar-refractivity contribution < 1.29 is 4.39 Å². The molecule has 0 fully saturated rings. The molecule has 3 aromatic rings. The van der Waals surface area contributed by atoms with Crippen LogP contribution in [-0.2, 0) is 6.54 Å². The zero-order chi connectivity index (χ0) is 13.9. The van der Waals surface area contributed by atoms with Crippen LogP contribution >= 0.6 is 0 Å². The summed E-state index contributed by atoms with van der Waals surface area (Å²) in [6.45, 7) is 2.26. The van der Waals surface area contributed by atoms with E-state index >= 15 is 0 Å². The van der Waals surface area contributed by atoms with Crippen molar-refractivity contribution in [1.29, 1.82) is 0 Å². The second kappa shape index (κ2) is 5.25. The highest BCUT2D eigenvalue weighted by molar-refractivity contribution is 5.73. The van der Waals surface area contributed by atoms with Crippen molar-refractivity contribution in [2.24, 2.45) is 0 Å². The lowest BCUT2D eigenvalue weighted by Crippen LogP contribution is -2.03. The number of aromatic nitrogens is 2. The van der Waals surface area contributed by atoms with Crippen LogP contribution in [0, 0.1) is 12.7 Å². The maximum atomic E-state index is 13.4. The van der Waals surface area contributed by atoms with Gasteiger partial charge in [0, 0.05) is 5.69 Å². The molecule has 0 spiro atoms. The number of fused-ring (bicyclic) bond motifs is 1. The number of para-hydroxylation sites is 2. The third-order valence-electron chi connectivity index (χ3n) is 3.14. The first-order chi connectivity index (χ1) is 9.72. The number of nitrogens with one attached hydrogen (secondary N) is 1. The zero-order valence-electron chi connectivity index (χ0n) is 11.1. The van der Waals surface area contributed by atoms with Gasteiger partial charge in [-0.2, -0.15) is 0 Å². The second-order valence-electron chi connectivity index (χ2n) is 4.67. The van der Waals surface area contributed by atoms with Crippen molar-refractivity contribution in [3.05, 3.63) is 65.7 Å². The van der Waals surface area contributed by atoms with Crippen LogP contribution < -0.4 is 5.32 Å². The first-order valence-corrected chi connectivity index (χ1v) is 6.43. The number of hydrogen-bond donors (Lipinski definition) is 1. The van der Waals surface area contributed by atoms with Gasteiger partial charge in [0.15, 0.2) is 0 Å². The lowest BCUT2D eigenvalue weighted by molar-refractivity contribution is 0.619. The van der Waals surface area contributed by atoms with E-state index in [0.29, 0.717) is 12.1 Å². The fourth-order valence-corrected chi connectivity index (χ4v) is 1.98. The summed E-state index contributed by atoms with van der Waals surface area (Å²) in [5.74, 6) is -0.209. The SMILES string of the molecule is Cc1ccc(NCc2cnc3ccccc3n2)cc1F. The Balaban J connectivity index is 1.77. The second-order valence-corrected chi connectivity index (χ2v) is 4.67. The predicted molar refractivity (Wildman–Crippen MR) is 78.0 cm³/mol. The Morgan fingerprint density at radius 1 is 1.10 bits per heavy atom. The topological polar surface area (TPSA) is 37.8 Å². The van der Waals surface area contributed by atoms with Crippen LogP contribution in [0.4, 0.5) is 10.1 Å². The van der Waals surface area contributed by atoms with Gasteiger partial charge in [0.05, 0.1) is 29.5 Å². The van der Waals surface area contributed by atoms with Crippen LogP contribution in [0.25, 0.3) is 11.0 Å². The first kappa shape index (κ1) is 12.5. The number of halogens is 1. The number of rotatable bonds is 3. The summed E-state index contributed by atoms with van der Waals surface area (Å²) in [6, 6.07) is 12.8. The Bertz CT molecular complexity index is 756. The molecule has 1 N–H and O–H groups in total.